The average Bonchev–Trinajstić information content (AvgIpc) is 0.760. The van der Waals surface area contributed by atoms with Crippen LogP contribution in [0.3, 0.4) is 0 Å². The number of fused-ring (bicyclic) bond motifs is 4. The van der Waals surface area contributed by atoms with Crippen molar-refractivity contribution in [3.63, 3.8) is 0 Å². The minimum Gasteiger partial charge on any atom is -1.00 e. The maximum atomic E-state index is 13.5. The minimum atomic E-state index is -0.360. The second-order valence-electron chi connectivity index (χ2n) is 26.8. The molecule has 0 unspecified atom stereocenters. The predicted octanol–water partition coefficient (Wildman–Crippen LogP) is 9.57. The zero-order valence-electron chi connectivity index (χ0n) is 70.3. The number of benzene rings is 9. The molecule has 0 spiro atoms. The van der Waals surface area contributed by atoms with Crippen molar-refractivity contribution in [2.75, 3.05) is 73.5 Å². The number of carbonyl (C=O) groups is 3. The number of carbonyl (C=O) groups excluding carboxylic acids is 3. The molecule has 0 amide bonds. The maximum Gasteiger partial charge on any atom is 1.00 e. The van der Waals surface area contributed by atoms with Gasteiger partial charge in [0.1, 0.15) is 37.1 Å². The molecule has 0 saturated heterocycles. The first-order valence-corrected chi connectivity index (χ1v) is 38.0. The molecule has 0 aliphatic rings. The molecule has 3 N–H and O–H groups in total. The van der Waals surface area contributed by atoms with E-state index in [1.54, 1.807) is 49.1 Å². The third-order valence-electron chi connectivity index (χ3n) is 18.1. The Morgan fingerprint density at radius 1 is 0.483 bits per heavy atom. The van der Waals surface area contributed by atoms with E-state index >= 15 is 0 Å². The summed E-state index contributed by atoms with van der Waals surface area (Å²) >= 11 is 3.40. The van der Waals surface area contributed by atoms with E-state index < -0.39 is 0 Å². The van der Waals surface area contributed by atoms with Crippen molar-refractivity contribution in [1.82, 2.24) is 39.5 Å². The van der Waals surface area contributed by atoms with E-state index in [9.17, 15) is 14.4 Å². The van der Waals surface area contributed by atoms with Gasteiger partial charge in [-0.05, 0) is 142 Å². The first-order valence-electron chi connectivity index (χ1n) is 36.9. The van der Waals surface area contributed by atoms with Gasteiger partial charge in [-0.1, -0.05) is 166 Å². The van der Waals surface area contributed by atoms with Crippen molar-refractivity contribution in [2.45, 2.75) is 77.7 Å². The first-order chi connectivity index (χ1) is 57.1. The molecule has 25 nitrogen and oxygen atoms in total. The molecule has 0 aliphatic heterocycles. The van der Waals surface area contributed by atoms with E-state index in [0.717, 1.165) is 49.5 Å². The van der Waals surface area contributed by atoms with Gasteiger partial charge >= 0.3 is 108 Å². The summed E-state index contributed by atoms with van der Waals surface area (Å²) in [6.07, 6.45) is 15.9. The van der Waals surface area contributed by atoms with Crippen molar-refractivity contribution in [1.29, 1.82) is 0 Å². The van der Waals surface area contributed by atoms with Crippen LogP contribution in [0.5, 0.6) is 52.5 Å². The summed E-state index contributed by atoms with van der Waals surface area (Å²) in [6, 6.07) is 56.6. The van der Waals surface area contributed by atoms with Crippen LogP contribution in [0.25, 0.3) is 55.3 Å². The second kappa shape index (κ2) is 47.8. The normalized spacial score (nSPS) is 10.3. The van der Waals surface area contributed by atoms with Crippen LogP contribution in [0.1, 0.15) is 126 Å². The van der Waals surface area contributed by atoms with Gasteiger partial charge in [0, 0.05) is 56.5 Å². The Morgan fingerprint density at radius 3 is 1.27 bits per heavy atom. The fourth-order valence-corrected chi connectivity index (χ4v) is 12.3. The number of aromatic nitrogens is 8. The summed E-state index contributed by atoms with van der Waals surface area (Å²) in [5, 5.41) is 13.4. The predicted molar refractivity (Wildman–Crippen MR) is 459 cm³/mol. The van der Waals surface area contributed by atoms with Gasteiger partial charge in [-0.25, -0.2) is 34.7 Å². The zero-order valence-corrected chi connectivity index (χ0v) is 77.1. The number of nitrogen functional groups attached to an aromatic ring is 1. The molecule has 4 heterocycles. The molecule has 13 aromatic rings. The summed E-state index contributed by atoms with van der Waals surface area (Å²) in [4.78, 5) is 81.9. The number of ketones is 2. The van der Waals surface area contributed by atoms with Gasteiger partial charge in [0.05, 0.1) is 93.5 Å². The zero-order chi connectivity index (χ0) is 85.0. The summed E-state index contributed by atoms with van der Waals surface area (Å²) in [5.74, 6) is 12.0. The maximum absolute atomic E-state index is 13.5. The molecular formula is C92H89BrK2N10O15. The van der Waals surface area contributed by atoms with Gasteiger partial charge in [0.15, 0.2) is 11.6 Å². The van der Waals surface area contributed by atoms with Crippen LogP contribution >= 0.6 is 15.9 Å². The number of halogens is 1. The molecular weight excluding hydrogens is 1640 g/mol. The quantitative estimate of drug-likeness (QED) is 0.00707. The molecule has 4 aromatic heterocycles. The number of ether oxygens (including phenoxy) is 9. The van der Waals surface area contributed by atoms with Crippen molar-refractivity contribution in [3.8, 4) is 101 Å². The number of methoxy groups -OCH3 is 6. The van der Waals surface area contributed by atoms with Crippen LogP contribution in [-0.4, -0.2) is 120 Å². The second-order valence-corrected chi connectivity index (χ2v) is 27.4. The minimum absolute atomic E-state index is 0. The van der Waals surface area contributed by atoms with Crippen LogP contribution in [0.15, 0.2) is 187 Å². The molecule has 9 aromatic carbocycles. The summed E-state index contributed by atoms with van der Waals surface area (Å²) in [6.45, 7) is 13.7. The van der Waals surface area contributed by atoms with Crippen LogP contribution in [0.2, 0.25) is 0 Å². The van der Waals surface area contributed by atoms with E-state index in [4.69, 9.17) is 77.7 Å². The number of nitrogens with one attached hydrogen (secondary N) is 1. The van der Waals surface area contributed by atoms with Gasteiger partial charge in [-0.3, -0.25) is 19.0 Å². The van der Waals surface area contributed by atoms with Crippen molar-refractivity contribution >= 4 is 89.3 Å². The fraction of sp³-hybridized carbons (Fsp3) is 0.228. The molecule has 0 saturated carbocycles. The molecule has 0 aliphatic carbocycles. The monoisotopic (exact) mass is 1730 g/mol. The van der Waals surface area contributed by atoms with Gasteiger partial charge in [-0.2, -0.15) is 4.98 Å². The van der Waals surface area contributed by atoms with Gasteiger partial charge in [-0.15, -0.1) is 19.3 Å². The third-order valence-corrected chi connectivity index (χ3v) is 18.8. The van der Waals surface area contributed by atoms with Crippen LogP contribution in [-0.2, 0) is 28.1 Å². The number of terminal acetylenes is 3. The summed E-state index contributed by atoms with van der Waals surface area (Å²) < 4.78 is 49.6. The number of alkyl halides is 1. The fourth-order valence-electron chi connectivity index (χ4n) is 11.9. The Morgan fingerprint density at radius 2 is 0.850 bits per heavy atom. The number of anilines is 2. The molecule has 28 heteroatoms. The van der Waals surface area contributed by atoms with E-state index in [2.05, 4.69) is 132 Å². The molecule has 13 rings (SSSR count). The van der Waals surface area contributed by atoms with Gasteiger partial charge in [0.25, 0.3) is 41.8 Å². The summed E-state index contributed by atoms with van der Waals surface area (Å²) in [5.41, 5.74) is 21.7. The topological polar surface area (TPSA) is 317 Å². The Kier molecular flexibility index (Phi) is 38.4. The molecule has 0 radical (unpaired) electrons. The average molecular weight is 1730 g/mol. The number of nitrogens with two attached hydrogens (primary N) is 1. The van der Waals surface area contributed by atoms with Crippen molar-refractivity contribution in [3.05, 3.63) is 248 Å². The van der Waals surface area contributed by atoms with E-state index in [-0.39, 0.29) is 154 Å². The van der Waals surface area contributed by atoms with Crippen molar-refractivity contribution < 1.29 is 171 Å². The molecule has 0 fully saturated rings. The number of hydrogen-bond acceptors (Lipinski definition) is 24. The molecule has 0 bridgehead atoms. The van der Waals surface area contributed by atoms with Gasteiger partial charge in [0.2, 0.25) is 0 Å². The first kappa shape index (κ1) is 96.3. The molecule has 120 heavy (non-hydrogen) atoms. The largest absolute Gasteiger partial charge is 1.00 e. The number of rotatable bonds is 27. The Bertz CT molecular complexity index is 5910. The van der Waals surface area contributed by atoms with E-state index in [0.29, 0.717) is 138 Å². The number of nitrogens with zero attached hydrogens (tertiary/aromatic N) is 8. The Labute approximate surface area is 791 Å². The standard InChI is InChI=1S/C31H28N4O4.C30H29N3O4.C19H19NO2.C11H11BrN2O2.CH2O3.2K.H/c1-6-15-39-23-12-14-27-24(17-23)28(22-10-8-21(9-11-22)19(2)3)34-31(36)35(27)18-20-7-13-25-26(16-20)33-30(38-5)29(32-25)37-4;1-6-15-37-23-12-14-25(24(17-23)28(34)22-10-8-21(9-11-22)19(2)3)31-18-20-7-13-26-27(16-20)33-30(36-5)29(32-26)35-4;1-4-11-22-16-9-10-18(20)17(12-16)19(21)15-7-5-14(6-8-15)13(2)3;1-15-10-11(16-2)14-9-5-7(6-12)3-4-8(9)13-10;2-1-4-3;;;/h1,7-14,16-17,19H,15,18H2,2-5H3;1,7-14,16-17,19,31H,15,18H2,2-5H3;1,5-10,12-13H,11,20H2,2-3H3;3-5H,6H2,1-2H3;1,3H;;;/q;;;;;2*+1;-1/p-1. The molecule has 0 atom stereocenters. The van der Waals surface area contributed by atoms with Crippen LogP contribution in [0, 0.1) is 37.0 Å². The number of hydrogen-bond donors (Lipinski definition) is 2. The Balaban J connectivity index is 0.000000256. The van der Waals surface area contributed by atoms with Crippen molar-refractivity contribution in [2.24, 2.45) is 0 Å². The SMILES string of the molecule is C#CCOc1ccc(N)c(C(=O)c2ccc(C(C)C)cc2)c1.C#CCOc1ccc(NCc2ccc3nc(OC)c(OC)nc3c2)c(C(=O)c2ccc(C(C)C)cc2)c1.C#CCOc1ccc2c(c1)c(-c1ccc(C(C)C)cc1)nc(=O)n2Cc1ccc2nc(OC)c(OC)nc2c1.COc1nc2ccc(CBr)cc2nc1OC.O=CO[O-].[H-].[K+].[K+]. The van der Waals surface area contributed by atoms with Crippen LogP contribution in [0.4, 0.5) is 11.4 Å². The van der Waals surface area contributed by atoms with Gasteiger partial charge < -0.3 is 65.3 Å². The molecule has 606 valence electrons. The third kappa shape index (κ3) is 25.6. The summed E-state index contributed by atoms with van der Waals surface area (Å²) in [7, 11) is 9.17. The van der Waals surface area contributed by atoms with E-state index in [1.165, 1.54) is 45.1 Å². The van der Waals surface area contributed by atoms with Crippen LogP contribution < -0.4 is 167 Å². The van der Waals surface area contributed by atoms with E-state index in [1.807, 2.05) is 140 Å². The Hall–Kier alpha value is -10.9. The smallest absolute Gasteiger partial charge is 1.00 e.